The van der Waals surface area contributed by atoms with Gasteiger partial charge in [-0.2, -0.15) is 0 Å². The van der Waals surface area contributed by atoms with Crippen LogP contribution in [0.15, 0.2) is 30.3 Å². The highest BCUT2D eigenvalue weighted by molar-refractivity contribution is 5.17. The Hall–Kier alpha value is -0.860. The summed E-state index contributed by atoms with van der Waals surface area (Å²) in [5, 5.41) is 0. The Balaban J connectivity index is 2.09. The molecule has 2 heteroatoms. The topological polar surface area (TPSA) is 12.5 Å². The lowest BCUT2D eigenvalue weighted by molar-refractivity contribution is -0.0364. The van der Waals surface area contributed by atoms with Crippen molar-refractivity contribution in [2.24, 2.45) is 0 Å². The maximum atomic E-state index is 5.58. The molecule has 1 unspecified atom stereocenters. The van der Waals surface area contributed by atoms with Gasteiger partial charge in [-0.25, -0.2) is 0 Å². The Kier molecular flexibility index (Phi) is 3.75. The summed E-state index contributed by atoms with van der Waals surface area (Å²) >= 11 is 0. The van der Waals surface area contributed by atoms with Gasteiger partial charge in [-0.15, -0.1) is 0 Å². The Labute approximate surface area is 91.9 Å². The fraction of sp³-hybridized carbons (Fsp3) is 0.462. The maximum absolute atomic E-state index is 5.58. The quantitative estimate of drug-likeness (QED) is 0.750. The number of methoxy groups -OCH3 is 1. The Morgan fingerprint density at radius 3 is 2.67 bits per heavy atom. The van der Waals surface area contributed by atoms with E-state index in [1.165, 1.54) is 18.4 Å². The van der Waals surface area contributed by atoms with Crippen LogP contribution in [0.5, 0.6) is 0 Å². The second kappa shape index (κ2) is 5.29. The van der Waals surface area contributed by atoms with Crippen LogP contribution in [-0.4, -0.2) is 25.1 Å². The largest absolute Gasteiger partial charge is 0.362 e. The highest BCUT2D eigenvalue weighted by Gasteiger charge is 2.21. The molecule has 0 aliphatic carbocycles. The molecule has 2 nitrogen and oxygen atoms in total. The van der Waals surface area contributed by atoms with Gasteiger partial charge in [-0.3, -0.25) is 4.90 Å². The molecule has 1 fully saturated rings. The van der Waals surface area contributed by atoms with E-state index in [0.29, 0.717) is 0 Å². The molecular weight excluding hydrogens is 186 g/mol. The van der Waals surface area contributed by atoms with Gasteiger partial charge in [-0.05, 0) is 24.8 Å². The van der Waals surface area contributed by atoms with Gasteiger partial charge in [0.25, 0.3) is 0 Å². The highest BCUT2D eigenvalue weighted by Crippen LogP contribution is 2.24. The first-order valence-electron chi connectivity index (χ1n) is 5.55. The number of piperidine rings is 1. The standard InChI is InChI=1S/C13H18NO/c1-15-13(12-8-4-2-5-9-12)14-10-6-3-7-11-14/h2,4-6,8-9,13H,3,7,10-11H2,1H3. The lowest BCUT2D eigenvalue weighted by Gasteiger charge is -2.33. The van der Waals surface area contributed by atoms with Gasteiger partial charge in [0, 0.05) is 20.2 Å². The van der Waals surface area contributed by atoms with Crippen LogP contribution in [0.25, 0.3) is 0 Å². The van der Waals surface area contributed by atoms with E-state index < -0.39 is 0 Å². The van der Waals surface area contributed by atoms with Crippen LogP contribution in [0.4, 0.5) is 0 Å². The summed E-state index contributed by atoms with van der Waals surface area (Å²) in [5.74, 6) is 0. The zero-order valence-corrected chi connectivity index (χ0v) is 9.23. The van der Waals surface area contributed by atoms with Crippen molar-refractivity contribution in [2.75, 3.05) is 20.2 Å². The number of benzene rings is 1. The molecule has 1 aliphatic heterocycles. The van der Waals surface area contributed by atoms with Crippen molar-refractivity contribution in [2.45, 2.75) is 19.1 Å². The summed E-state index contributed by atoms with van der Waals surface area (Å²) in [6.45, 7) is 2.16. The zero-order chi connectivity index (χ0) is 10.5. The molecule has 15 heavy (non-hydrogen) atoms. The maximum Gasteiger partial charge on any atom is 0.136 e. The fourth-order valence-corrected chi connectivity index (χ4v) is 2.11. The van der Waals surface area contributed by atoms with Crippen LogP contribution < -0.4 is 0 Å². The van der Waals surface area contributed by atoms with Crippen molar-refractivity contribution in [1.29, 1.82) is 0 Å². The molecule has 1 heterocycles. The Bertz CT molecular complexity index is 280. The molecule has 0 aromatic heterocycles. The molecule has 0 bridgehead atoms. The predicted octanol–water partition coefficient (Wildman–Crippen LogP) is 2.63. The van der Waals surface area contributed by atoms with E-state index in [1.807, 2.05) is 6.07 Å². The summed E-state index contributed by atoms with van der Waals surface area (Å²) in [6, 6.07) is 10.4. The van der Waals surface area contributed by atoms with E-state index in [0.717, 1.165) is 13.1 Å². The molecule has 1 radical (unpaired) electrons. The van der Waals surface area contributed by atoms with Crippen molar-refractivity contribution in [3.63, 3.8) is 0 Å². The minimum absolute atomic E-state index is 0.114. The van der Waals surface area contributed by atoms with Crippen LogP contribution in [0.2, 0.25) is 0 Å². The number of hydrogen-bond acceptors (Lipinski definition) is 2. The molecule has 1 aliphatic rings. The molecule has 0 N–H and O–H groups in total. The smallest absolute Gasteiger partial charge is 0.136 e. The number of likely N-dealkylation sites (tertiary alicyclic amines) is 1. The van der Waals surface area contributed by atoms with Gasteiger partial charge in [-0.1, -0.05) is 30.3 Å². The normalized spacial score (nSPS) is 20.1. The van der Waals surface area contributed by atoms with Crippen LogP contribution in [0, 0.1) is 6.42 Å². The molecule has 0 spiro atoms. The minimum atomic E-state index is 0.114. The van der Waals surface area contributed by atoms with Crippen LogP contribution in [0.1, 0.15) is 24.6 Å². The van der Waals surface area contributed by atoms with Crippen molar-refractivity contribution < 1.29 is 4.74 Å². The third-order valence-electron chi connectivity index (χ3n) is 2.86. The SMILES string of the molecule is COC(c1ccccc1)N1C[CH]CCC1. The van der Waals surface area contributed by atoms with E-state index in [4.69, 9.17) is 4.74 Å². The number of hydrogen-bond donors (Lipinski definition) is 0. The third kappa shape index (κ3) is 2.58. The third-order valence-corrected chi connectivity index (χ3v) is 2.86. The van der Waals surface area contributed by atoms with E-state index >= 15 is 0 Å². The second-order valence-corrected chi connectivity index (χ2v) is 3.92. The second-order valence-electron chi connectivity index (χ2n) is 3.92. The van der Waals surface area contributed by atoms with Crippen molar-refractivity contribution in [1.82, 2.24) is 4.90 Å². The minimum Gasteiger partial charge on any atom is -0.362 e. The molecule has 81 valence electrons. The summed E-state index contributed by atoms with van der Waals surface area (Å²) in [7, 11) is 1.78. The molecule has 2 rings (SSSR count). The Morgan fingerprint density at radius 1 is 1.27 bits per heavy atom. The zero-order valence-electron chi connectivity index (χ0n) is 9.23. The molecule has 0 saturated carbocycles. The van der Waals surface area contributed by atoms with Gasteiger partial charge >= 0.3 is 0 Å². The first kappa shape index (κ1) is 10.7. The van der Waals surface area contributed by atoms with Crippen LogP contribution in [-0.2, 0) is 4.74 Å². The lowest BCUT2D eigenvalue weighted by Crippen LogP contribution is -2.34. The van der Waals surface area contributed by atoms with Gasteiger partial charge in [0.2, 0.25) is 0 Å². The molecule has 1 aromatic rings. The summed E-state index contributed by atoms with van der Waals surface area (Å²) in [5.41, 5.74) is 1.25. The van der Waals surface area contributed by atoms with Gasteiger partial charge in [0.05, 0.1) is 0 Å². The fourth-order valence-electron chi connectivity index (χ4n) is 2.11. The average Bonchev–Trinajstić information content (AvgIpc) is 2.33. The van der Waals surface area contributed by atoms with Crippen molar-refractivity contribution in [3.05, 3.63) is 42.3 Å². The van der Waals surface area contributed by atoms with Crippen molar-refractivity contribution in [3.8, 4) is 0 Å². The Morgan fingerprint density at radius 2 is 2.07 bits per heavy atom. The van der Waals surface area contributed by atoms with Gasteiger partial charge in [0.15, 0.2) is 0 Å². The highest BCUT2D eigenvalue weighted by atomic mass is 16.5. The summed E-state index contributed by atoms with van der Waals surface area (Å²) < 4.78 is 5.58. The van der Waals surface area contributed by atoms with E-state index in [2.05, 4.69) is 35.6 Å². The number of ether oxygens (including phenoxy) is 1. The monoisotopic (exact) mass is 204 g/mol. The van der Waals surface area contributed by atoms with Gasteiger partial charge < -0.3 is 4.74 Å². The van der Waals surface area contributed by atoms with Gasteiger partial charge in [0.1, 0.15) is 6.23 Å². The predicted molar refractivity (Wildman–Crippen MR) is 61.3 cm³/mol. The first-order chi connectivity index (χ1) is 7.42. The summed E-state index contributed by atoms with van der Waals surface area (Å²) in [6.07, 6.45) is 4.93. The van der Waals surface area contributed by atoms with E-state index in [1.54, 1.807) is 7.11 Å². The lowest BCUT2D eigenvalue weighted by atomic mass is 10.1. The molecular formula is C13H18NO. The number of nitrogens with zero attached hydrogens (tertiary/aromatic N) is 1. The van der Waals surface area contributed by atoms with Crippen LogP contribution in [0.3, 0.4) is 0 Å². The average molecular weight is 204 g/mol. The van der Waals surface area contributed by atoms with Crippen LogP contribution >= 0.6 is 0 Å². The van der Waals surface area contributed by atoms with Crippen molar-refractivity contribution >= 4 is 0 Å². The van der Waals surface area contributed by atoms with E-state index in [9.17, 15) is 0 Å². The molecule has 0 amide bonds. The molecule has 1 saturated heterocycles. The number of rotatable bonds is 3. The summed E-state index contributed by atoms with van der Waals surface area (Å²) in [4.78, 5) is 2.37. The van der Waals surface area contributed by atoms with E-state index in [-0.39, 0.29) is 6.23 Å². The molecule has 1 aromatic carbocycles. The molecule has 1 atom stereocenters. The first-order valence-corrected chi connectivity index (χ1v) is 5.55.